The van der Waals surface area contributed by atoms with Crippen LogP contribution in [-0.2, 0) is 13.0 Å². The molecule has 3 rings (SSSR count). The van der Waals surface area contributed by atoms with Gasteiger partial charge in [0.05, 0.1) is 0 Å². The van der Waals surface area contributed by atoms with Crippen LogP contribution in [0.3, 0.4) is 0 Å². The molecule has 37 heavy (non-hydrogen) atoms. The number of benzene rings is 1. The molecule has 1 aliphatic rings. The molecule has 1 aromatic heterocycles. The minimum absolute atomic E-state index is 0.0809. The topological polar surface area (TPSA) is 55.0 Å². The van der Waals surface area contributed by atoms with Gasteiger partial charge >= 0.3 is 0 Å². The molecule has 0 amide bonds. The van der Waals surface area contributed by atoms with Gasteiger partial charge in [0, 0.05) is 52.2 Å². The third-order valence-corrected chi connectivity index (χ3v) is 8.24. The van der Waals surface area contributed by atoms with Crippen LogP contribution in [0.2, 0.25) is 0 Å². The van der Waals surface area contributed by atoms with Gasteiger partial charge in [0.15, 0.2) is 0 Å². The minimum atomic E-state index is 0.0809. The summed E-state index contributed by atoms with van der Waals surface area (Å²) in [5.74, 6) is 0.350. The molecule has 2 aromatic rings. The van der Waals surface area contributed by atoms with Crippen LogP contribution in [0.1, 0.15) is 76.7 Å². The zero-order chi connectivity index (χ0) is 26.7. The number of aryl methyl sites for hydroxylation is 1. The van der Waals surface area contributed by atoms with Gasteiger partial charge in [0.1, 0.15) is 0 Å². The van der Waals surface area contributed by atoms with Gasteiger partial charge in [-0.2, -0.15) is 0 Å². The number of anilines is 1. The van der Waals surface area contributed by atoms with Gasteiger partial charge in [-0.15, -0.1) is 0 Å². The molecule has 0 saturated heterocycles. The fourth-order valence-corrected chi connectivity index (χ4v) is 5.84. The molecule has 4 heteroatoms. The summed E-state index contributed by atoms with van der Waals surface area (Å²) < 4.78 is 2.21. The normalized spacial score (nSPS) is 15.1. The maximum atomic E-state index is 5.85. The van der Waals surface area contributed by atoms with Crippen LogP contribution in [0.25, 0.3) is 13.2 Å². The average molecular weight is 503 g/mol. The predicted octanol–water partition coefficient (Wildman–Crippen LogP) is 6.08. The fourth-order valence-electron chi connectivity index (χ4n) is 5.84. The number of nitrogens with one attached hydrogen (secondary N) is 2. The summed E-state index contributed by atoms with van der Waals surface area (Å²) >= 11 is 0. The minimum Gasteiger partial charge on any atom is -0.388 e. The maximum absolute atomic E-state index is 5.85. The Morgan fingerprint density at radius 3 is 2.27 bits per heavy atom. The lowest BCUT2D eigenvalue weighted by Crippen LogP contribution is -2.45. The summed E-state index contributed by atoms with van der Waals surface area (Å²) in [6, 6.07) is 12.9. The highest BCUT2D eigenvalue weighted by atomic mass is 15.0. The highest BCUT2D eigenvalue weighted by Gasteiger charge is 2.47. The molecular weight excluding hydrogens is 452 g/mol. The van der Waals surface area contributed by atoms with Crippen molar-refractivity contribution in [3.05, 3.63) is 77.2 Å². The van der Waals surface area contributed by atoms with Gasteiger partial charge < -0.3 is 20.9 Å². The molecule has 1 fully saturated rings. The first-order valence-corrected chi connectivity index (χ1v) is 14.4. The van der Waals surface area contributed by atoms with Crippen LogP contribution in [-0.4, -0.2) is 17.7 Å². The van der Waals surface area contributed by atoms with E-state index in [1.807, 2.05) is 12.1 Å². The van der Waals surface area contributed by atoms with Crippen molar-refractivity contribution in [1.29, 1.82) is 0 Å². The van der Waals surface area contributed by atoms with E-state index in [-0.39, 0.29) is 5.41 Å². The number of nitrogens with two attached hydrogens (primary N) is 1. The summed E-state index contributed by atoms with van der Waals surface area (Å²) in [5.41, 5.74) is 10.7. The number of hydrogen-bond acceptors (Lipinski definition) is 3. The molecule has 1 heterocycles. The quantitative estimate of drug-likeness (QED) is 0.217. The molecule has 0 bridgehead atoms. The number of hydrogen-bond donors (Lipinski definition) is 3. The second kappa shape index (κ2) is 14.3. The first-order valence-electron chi connectivity index (χ1n) is 14.4. The Hall–Kier alpha value is -2.72. The van der Waals surface area contributed by atoms with Gasteiger partial charge in [-0.1, -0.05) is 64.6 Å². The summed E-state index contributed by atoms with van der Waals surface area (Å²) in [6.07, 6.45) is 12.6. The van der Waals surface area contributed by atoms with E-state index >= 15 is 0 Å². The molecule has 1 aliphatic carbocycles. The van der Waals surface area contributed by atoms with Crippen molar-refractivity contribution in [3.8, 4) is 0 Å². The van der Waals surface area contributed by atoms with Gasteiger partial charge in [0.2, 0.25) is 0 Å². The molecular formula is C33H50N4. The van der Waals surface area contributed by atoms with Crippen molar-refractivity contribution in [2.24, 2.45) is 17.1 Å². The molecule has 1 aromatic carbocycles. The number of unbranched alkanes of at least 4 members (excludes halogenated alkanes) is 3. The Bertz CT molecular complexity index is 1060. The molecule has 4 N–H and O–H groups in total. The molecule has 4 nitrogen and oxygen atoms in total. The molecule has 0 radical (unpaired) electrons. The number of nitrogens with zero attached hydrogens (tertiary/aromatic N) is 1. The molecule has 0 unspecified atom stereocenters. The zero-order valence-corrected chi connectivity index (χ0v) is 23.3. The summed E-state index contributed by atoms with van der Waals surface area (Å²) in [6.45, 7) is 22.2. The van der Waals surface area contributed by atoms with E-state index in [0.717, 1.165) is 80.2 Å². The van der Waals surface area contributed by atoms with Crippen LogP contribution < -0.4 is 27.1 Å². The van der Waals surface area contributed by atoms with Crippen LogP contribution >= 0.6 is 0 Å². The van der Waals surface area contributed by atoms with Crippen molar-refractivity contribution in [2.45, 2.75) is 84.1 Å². The van der Waals surface area contributed by atoms with E-state index in [2.05, 4.69) is 72.7 Å². The molecule has 1 atom stereocenters. The second-order valence-corrected chi connectivity index (χ2v) is 10.9. The van der Waals surface area contributed by atoms with Crippen LogP contribution in [0, 0.1) is 11.3 Å². The van der Waals surface area contributed by atoms with Gasteiger partial charge in [-0.3, -0.25) is 0 Å². The Kier molecular flexibility index (Phi) is 11.1. The van der Waals surface area contributed by atoms with E-state index < -0.39 is 0 Å². The zero-order valence-electron chi connectivity index (χ0n) is 23.3. The summed E-state index contributed by atoms with van der Waals surface area (Å²) in [5, 5.41) is 9.50. The standard InChI is InChI=1S/C33H50N4/c1-6-13-30-17-19-31(20-18-30)36-28(4)32(14-8-9-23-34)33(21-12-22-33)29(5)35-24-10-7-11-25-37-26(2)15-16-27(37)3/h15-20,32,35-36H,2-14,21-25,34H2,1H3/t32-/m0/s1. The van der Waals surface area contributed by atoms with Crippen molar-refractivity contribution in [1.82, 2.24) is 9.88 Å². The van der Waals surface area contributed by atoms with E-state index in [1.54, 1.807) is 0 Å². The summed E-state index contributed by atoms with van der Waals surface area (Å²) in [4.78, 5) is 0. The van der Waals surface area contributed by atoms with Crippen LogP contribution in [0.5, 0.6) is 0 Å². The van der Waals surface area contributed by atoms with E-state index in [1.165, 1.54) is 43.4 Å². The summed E-state index contributed by atoms with van der Waals surface area (Å²) in [7, 11) is 0. The van der Waals surface area contributed by atoms with Gasteiger partial charge in [-0.25, -0.2) is 0 Å². The van der Waals surface area contributed by atoms with Gasteiger partial charge in [-0.05, 0) is 87.7 Å². The predicted molar refractivity (Wildman–Crippen MR) is 162 cm³/mol. The molecule has 0 aliphatic heterocycles. The largest absolute Gasteiger partial charge is 0.388 e. The lowest BCUT2D eigenvalue weighted by Gasteiger charge is -2.50. The third kappa shape index (κ3) is 7.64. The Morgan fingerprint density at radius 1 is 0.973 bits per heavy atom. The van der Waals surface area contributed by atoms with Crippen LogP contribution in [0.15, 0.2) is 61.0 Å². The smallest absolute Gasteiger partial charge is 0.0381 e. The van der Waals surface area contributed by atoms with E-state index in [9.17, 15) is 0 Å². The Morgan fingerprint density at radius 2 is 1.68 bits per heavy atom. The lowest BCUT2D eigenvalue weighted by molar-refractivity contribution is 0.0991. The highest BCUT2D eigenvalue weighted by molar-refractivity contribution is 5.50. The third-order valence-electron chi connectivity index (χ3n) is 8.24. The SMILES string of the molecule is C=C(Nc1ccc(CCC)cc1)[C@H](CCCCN)C1(C(=C)NCCCCCn2c(=C)ccc2=C)CCC1. The first kappa shape index (κ1) is 28.8. The fraction of sp³-hybridized carbons (Fsp3) is 0.515. The number of allylic oxidation sites excluding steroid dienone is 2. The number of rotatable bonds is 18. The first-order chi connectivity index (χ1) is 17.9. The Balaban J connectivity index is 1.56. The number of aromatic nitrogens is 1. The molecule has 202 valence electrons. The van der Waals surface area contributed by atoms with Crippen molar-refractivity contribution >= 4 is 18.8 Å². The van der Waals surface area contributed by atoms with Crippen molar-refractivity contribution in [2.75, 3.05) is 18.4 Å². The average Bonchev–Trinajstić information content (AvgIpc) is 3.18. The Labute approximate surface area is 225 Å². The van der Waals surface area contributed by atoms with Crippen molar-refractivity contribution in [3.63, 3.8) is 0 Å². The van der Waals surface area contributed by atoms with Crippen molar-refractivity contribution < 1.29 is 0 Å². The highest BCUT2D eigenvalue weighted by Crippen LogP contribution is 2.55. The van der Waals surface area contributed by atoms with E-state index in [0.29, 0.717) is 5.92 Å². The monoisotopic (exact) mass is 502 g/mol. The lowest BCUT2D eigenvalue weighted by atomic mass is 9.57. The molecule has 1 saturated carbocycles. The van der Waals surface area contributed by atoms with Crippen LogP contribution in [0.4, 0.5) is 5.69 Å². The second-order valence-electron chi connectivity index (χ2n) is 10.9. The van der Waals surface area contributed by atoms with E-state index in [4.69, 9.17) is 5.73 Å². The van der Waals surface area contributed by atoms with Gasteiger partial charge in [0.25, 0.3) is 0 Å². The molecule has 0 spiro atoms. The maximum Gasteiger partial charge on any atom is 0.0381 e.